The fourth-order valence-electron chi connectivity index (χ4n) is 2.95. The van der Waals surface area contributed by atoms with Gasteiger partial charge in [0.2, 0.25) is 0 Å². The number of ether oxygens (including phenoxy) is 2. The second-order valence-corrected chi connectivity index (χ2v) is 6.03. The Bertz CT molecular complexity index is 492. The first-order valence-corrected chi connectivity index (χ1v) is 7.38. The lowest BCUT2D eigenvalue weighted by Gasteiger charge is -2.31. The highest BCUT2D eigenvalue weighted by Crippen LogP contribution is 2.56. The van der Waals surface area contributed by atoms with E-state index in [1.165, 1.54) is 0 Å². The van der Waals surface area contributed by atoms with E-state index in [9.17, 15) is 9.90 Å². The Morgan fingerprint density at radius 3 is 2.67 bits per heavy atom. The van der Waals surface area contributed by atoms with Crippen LogP contribution in [0.15, 0.2) is 30.3 Å². The molecular weight excluding hydrogens is 270 g/mol. The van der Waals surface area contributed by atoms with E-state index >= 15 is 0 Å². The van der Waals surface area contributed by atoms with Crippen LogP contribution in [0.4, 0.5) is 4.79 Å². The first kappa shape index (κ1) is 14.4. The zero-order chi connectivity index (χ0) is 14.8. The minimum Gasteiger partial charge on any atom is -0.445 e. The molecule has 0 spiro atoms. The molecule has 1 aliphatic carbocycles. The van der Waals surface area contributed by atoms with E-state index in [0.717, 1.165) is 18.4 Å². The van der Waals surface area contributed by atoms with Crippen molar-refractivity contribution in [3.8, 4) is 0 Å². The summed E-state index contributed by atoms with van der Waals surface area (Å²) in [4.78, 5) is 11.8. The van der Waals surface area contributed by atoms with Gasteiger partial charge in [-0.25, -0.2) is 4.79 Å². The van der Waals surface area contributed by atoms with Gasteiger partial charge < -0.3 is 19.9 Å². The number of hydrogen-bond donors (Lipinski definition) is 2. The summed E-state index contributed by atoms with van der Waals surface area (Å²) in [6.07, 6.45) is 2.05. The van der Waals surface area contributed by atoms with Crippen LogP contribution in [0, 0.1) is 5.41 Å². The van der Waals surface area contributed by atoms with Gasteiger partial charge in [-0.2, -0.15) is 0 Å². The number of aliphatic hydroxyl groups is 1. The van der Waals surface area contributed by atoms with E-state index in [2.05, 4.69) is 5.32 Å². The summed E-state index contributed by atoms with van der Waals surface area (Å²) in [5.41, 5.74) is -0.0637. The molecule has 1 amide bonds. The predicted octanol–water partition coefficient (Wildman–Crippen LogP) is 1.84. The van der Waals surface area contributed by atoms with Gasteiger partial charge in [-0.1, -0.05) is 30.3 Å². The van der Waals surface area contributed by atoms with Crippen molar-refractivity contribution in [2.24, 2.45) is 5.41 Å². The van der Waals surface area contributed by atoms with Crippen molar-refractivity contribution in [2.75, 3.05) is 19.8 Å². The van der Waals surface area contributed by atoms with E-state index < -0.39 is 11.7 Å². The Balaban J connectivity index is 1.46. The molecule has 5 nitrogen and oxygen atoms in total. The van der Waals surface area contributed by atoms with Gasteiger partial charge in [0.25, 0.3) is 0 Å². The SMILES string of the molecule is O=C(NCC1(C2(O)CCOC2)CC1)OCc1ccccc1. The first-order chi connectivity index (χ1) is 10.1. The smallest absolute Gasteiger partial charge is 0.407 e. The molecule has 1 heterocycles. The molecule has 1 atom stereocenters. The van der Waals surface area contributed by atoms with Crippen LogP contribution in [0.1, 0.15) is 24.8 Å². The maximum atomic E-state index is 11.8. The summed E-state index contributed by atoms with van der Waals surface area (Å²) < 4.78 is 10.5. The molecule has 1 aromatic rings. The van der Waals surface area contributed by atoms with Crippen molar-refractivity contribution in [1.29, 1.82) is 0 Å². The molecule has 21 heavy (non-hydrogen) atoms. The van der Waals surface area contributed by atoms with Crippen molar-refractivity contribution in [3.63, 3.8) is 0 Å². The van der Waals surface area contributed by atoms with Crippen LogP contribution >= 0.6 is 0 Å². The quantitative estimate of drug-likeness (QED) is 0.868. The molecule has 1 aromatic carbocycles. The summed E-state index contributed by atoms with van der Waals surface area (Å²) >= 11 is 0. The van der Waals surface area contributed by atoms with Crippen molar-refractivity contribution in [1.82, 2.24) is 5.32 Å². The average molecular weight is 291 g/mol. The fourth-order valence-corrected chi connectivity index (χ4v) is 2.95. The number of hydrogen-bond acceptors (Lipinski definition) is 4. The van der Waals surface area contributed by atoms with Crippen molar-refractivity contribution < 1.29 is 19.4 Å². The van der Waals surface area contributed by atoms with Crippen LogP contribution in [0.5, 0.6) is 0 Å². The number of rotatable bonds is 5. The van der Waals surface area contributed by atoms with Gasteiger partial charge in [0.05, 0.1) is 12.2 Å². The zero-order valence-electron chi connectivity index (χ0n) is 12.0. The van der Waals surface area contributed by atoms with Gasteiger partial charge in [0, 0.05) is 25.0 Å². The van der Waals surface area contributed by atoms with Crippen LogP contribution in [0.25, 0.3) is 0 Å². The third-order valence-electron chi connectivity index (χ3n) is 4.63. The normalized spacial score (nSPS) is 26.3. The lowest BCUT2D eigenvalue weighted by atomic mass is 9.83. The highest BCUT2D eigenvalue weighted by molar-refractivity contribution is 5.67. The molecule has 1 aliphatic heterocycles. The van der Waals surface area contributed by atoms with E-state index in [0.29, 0.717) is 26.2 Å². The Morgan fingerprint density at radius 1 is 1.29 bits per heavy atom. The van der Waals surface area contributed by atoms with Gasteiger partial charge >= 0.3 is 6.09 Å². The largest absolute Gasteiger partial charge is 0.445 e. The molecule has 2 fully saturated rings. The summed E-state index contributed by atoms with van der Waals surface area (Å²) in [6, 6.07) is 9.56. The van der Waals surface area contributed by atoms with Gasteiger partial charge in [-0.05, 0) is 18.4 Å². The molecule has 0 aromatic heterocycles. The third kappa shape index (κ3) is 3.04. The fraction of sp³-hybridized carbons (Fsp3) is 0.562. The molecule has 2 aliphatic rings. The summed E-state index contributed by atoms with van der Waals surface area (Å²) in [6.45, 7) is 1.66. The van der Waals surface area contributed by atoms with Crippen LogP contribution < -0.4 is 5.32 Å². The number of benzene rings is 1. The third-order valence-corrected chi connectivity index (χ3v) is 4.63. The maximum absolute atomic E-state index is 11.8. The molecule has 1 saturated heterocycles. The van der Waals surface area contributed by atoms with E-state index in [1.54, 1.807) is 0 Å². The van der Waals surface area contributed by atoms with Gasteiger partial charge in [-0.15, -0.1) is 0 Å². The summed E-state index contributed by atoms with van der Waals surface area (Å²) in [5, 5.41) is 13.4. The Kier molecular flexibility index (Phi) is 3.87. The highest BCUT2D eigenvalue weighted by Gasteiger charge is 2.60. The molecule has 3 rings (SSSR count). The van der Waals surface area contributed by atoms with Crippen molar-refractivity contribution in [2.45, 2.75) is 31.5 Å². The number of amides is 1. The van der Waals surface area contributed by atoms with Crippen LogP contribution in [-0.2, 0) is 16.1 Å². The summed E-state index contributed by atoms with van der Waals surface area (Å²) in [7, 11) is 0. The molecule has 2 N–H and O–H groups in total. The Morgan fingerprint density at radius 2 is 2.05 bits per heavy atom. The lowest BCUT2D eigenvalue weighted by molar-refractivity contribution is -0.0374. The maximum Gasteiger partial charge on any atom is 0.407 e. The molecular formula is C16H21NO4. The number of carbonyl (C=O) groups is 1. The Hall–Kier alpha value is -1.59. The average Bonchev–Trinajstić information content (AvgIpc) is 3.19. The van der Waals surface area contributed by atoms with Crippen molar-refractivity contribution in [3.05, 3.63) is 35.9 Å². The van der Waals surface area contributed by atoms with Crippen LogP contribution in [0.3, 0.4) is 0 Å². The van der Waals surface area contributed by atoms with E-state index in [-0.39, 0.29) is 12.0 Å². The lowest BCUT2D eigenvalue weighted by Crippen LogP contribution is -2.46. The van der Waals surface area contributed by atoms with E-state index in [1.807, 2.05) is 30.3 Å². The molecule has 1 saturated carbocycles. The predicted molar refractivity (Wildman–Crippen MR) is 76.7 cm³/mol. The van der Waals surface area contributed by atoms with Crippen molar-refractivity contribution >= 4 is 6.09 Å². The van der Waals surface area contributed by atoms with Gasteiger partial charge in [0.15, 0.2) is 0 Å². The van der Waals surface area contributed by atoms with E-state index in [4.69, 9.17) is 9.47 Å². The second kappa shape index (κ2) is 5.66. The number of nitrogens with one attached hydrogen (secondary N) is 1. The topological polar surface area (TPSA) is 67.8 Å². The molecule has 5 heteroatoms. The highest BCUT2D eigenvalue weighted by atomic mass is 16.5. The van der Waals surface area contributed by atoms with Gasteiger partial charge in [-0.3, -0.25) is 0 Å². The number of carbonyl (C=O) groups excluding carboxylic acids is 1. The van der Waals surface area contributed by atoms with Gasteiger partial charge in [0.1, 0.15) is 6.61 Å². The monoisotopic (exact) mass is 291 g/mol. The molecule has 114 valence electrons. The standard InChI is InChI=1S/C16H21NO4/c18-14(21-10-13-4-2-1-3-5-13)17-11-15(6-7-15)16(19)8-9-20-12-16/h1-5,19H,6-12H2,(H,17,18). The second-order valence-electron chi connectivity index (χ2n) is 6.03. The zero-order valence-corrected chi connectivity index (χ0v) is 12.0. The molecule has 1 unspecified atom stereocenters. The van der Waals surface area contributed by atoms with Crippen LogP contribution in [-0.4, -0.2) is 36.6 Å². The molecule has 0 bridgehead atoms. The van der Waals surface area contributed by atoms with Crippen LogP contribution in [0.2, 0.25) is 0 Å². The number of alkyl carbamates (subject to hydrolysis) is 1. The minimum atomic E-state index is -0.792. The summed E-state index contributed by atoms with van der Waals surface area (Å²) in [5.74, 6) is 0. The minimum absolute atomic E-state index is 0.227. The Labute approximate surface area is 124 Å². The molecule has 0 radical (unpaired) electrons. The first-order valence-electron chi connectivity index (χ1n) is 7.38.